The zero-order valence-electron chi connectivity index (χ0n) is 19.6. The van der Waals surface area contributed by atoms with Crippen molar-refractivity contribution in [3.05, 3.63) is 35.9 Å². The van der Waals surface area contributed by atoms with Crippen molar-refractivity contribution in [3.63, 3.8) is 0 Å². The maximum Gasteiger partial charge on any atom is 0.239 e. The number of nitrogens with zero attached hydrogens (tertiary/aromatic N) is 4. The Kier molecular flexibility index (Phi) is 8.90. The van der Waals surface area contributed by atoms with Gasteiger partial charge in [-0.3, -0.25) is 19.4 Å². The maximum atomic E-state index is 13.1. The Morgan fingerprint density at radius 2 is 1.58 bits per heavy atom. The third kappa shape index (κ3) is 6.53. The average Bonchev–Trinajstić information content (AvgIpc) is 2.80. The molecule has 0 saturated carbocycles. The summed E-state index contributed by atoms with van der Waals surface area (Å²) in [5.74, 6) is 1.15. The number of carbonyl (C=O) groups is 2. The predicted octanol–water partition coefficient (Wildman–Crippen LogP) is 2.34. The van der Waals surface area contributed by atoms with Crippen molar-refractivity contribution in [1.82, 2.24) is 19.6 Å². The number of hydrogen-bond donors (Lipinski definition) is 0. The van der Waals surface area contributed by atoms with Gasteiger partial charge in [0.15, 0.2) is 0 Å². The molecule has 2 aliphatic rings. The molecule has 2 amide bonds. The molecular weight excluding hydrogens is 388 g/mol. The lowest BCUT2D eigenvalue weighted by atomic mass is 9.90. The van der Waals surface area contributed by atoms with Crippen molar-refractivity contribution in [3.8, 4) is 0 Å². The molecule has 1 unspecified atom stereocenters. The van der Waals surface area contributed by atoms with E-state index in [-0.39, 0.29) is 17.9 Å². The molecule has 0 radical (unpaired) electrons. The van der Waals surface area contributed by atoms with Crippen LogP contribution in [0.2, 0.25) is 0 Å². The molecular formula is C25H40N4O2. The fourth-order valence-electron chi connectivity index (χ4n) is 4.90. The van der Waals surface area contributed by atoms with Gasteiger partial charge >= 0.3 is 0 Å². The lowest BCUT2D eigenvalue weighted by molar-refractivity contribution is -0.139. The number of hydrogen-bond acceptors (Lipinski definition) is 4. The van der Waals surface area contributed by atoms with Crippen molar-refractivity contribution < 1.29 is 9.59 Å². The van der Waals surface area contributed by atoms with E-state index in [1.807, 2.05) is 18.7 Å². The van der Waals surface area contributed by atoms with E-state index in [0.29, 0.717) is 12.5 Å². The minimum Gasteiger partial charge on any atom is -0.342 e. The maximum absolute atomic E-state index is 13.1. The van der Waals surface area contributed by atoms with Crippen molar-refractivity contribution in [2.45, 2.75) is 46.1 Å². The Labute approximate surface area is 188 Å². The summed E-state index contributed by atoms with van der Waals surface area (Å²) >= 11 is 0. The average molecular weight is 429 g/mol. The monoisotopic (exact) mass is 428 g/mol. The molecule has 2 aliphatic heterocycles. The van der Waals surface area contributed by atoms with Crippen LogP contribution in [0.1, 0.15) is 39.2 Å². The standard InChI is InChI=1S/C25H40N4O2/c1-4-27(5-2)24(30)20-26-15-17-28(18-16-26)21(3)25(31)29-13-11-23(12-14-29)19-22-9-7-6-8-10-22/h6-10,21,23H,4-5,11-20H2,1-3H3. The van der Waals surface area contributed by atoms with Gasteiger partial charge in [0.05, 0.1) is 12.6 Å². The van der Waals surface area contributed by atoms with Crippen molar-refractivity contribution in [2.75, 3.05) is 58.9 Å². The molecule has 1 atom stereocenters. The Balaban J connectivity index is 1.40. The Bertz CT molecular complexity index is 691. The number of carbonyl (C=O) groups excluding carboxylic acids is 2. The molecule has 6 heteroatoms. The third-order valence-electron chi connectivity index (χ3n) is 7.08. The summed E-state index contributed by atoms with van der Waals surface area (Å²) in [5.41, 5.74) is 1.40. The third-order valence-corrected chi connectivity index (χ3v) is 7.08. The Hall–Kier alpha value is -1.92. The van der Waals surface area contributed by atoms with Crippen LogP contribution < -0.4 is 0 Å². The molecule has 6 nitrogen and oxygen atoms in total. The van der Waals surface area contributed by atoms with Crippen LogP contribution in [-0.2, 0) is 16.0 Å². The number of likely N-dealkylation sites (N-methyl/N-ethyl adjacent to an activating group) is 1. The molecule has 1 aromatic carbocycles. The largest absolute Gasteiger partial charge is 0.342 e. The highest BCUT2D eigenvalue weighted by Gasteiger charge is 2.31. The summed E-state index contributed by atoms with van der Waals surface area (Å²) in [6, 6.07) is 10.6. The molecule has 2 saturated heterocycles. The molecule has 31 heavy (non-hydrogen) atoms. The van der Waals surface area contributed by atoms with Crippen LogP contribution in [-0.4, -0.2) is 96.4 Å². The fraction of sp³-hybridized carbons (Fsp3) is 0.680. The van der Waals surface area contributed by atoms with Crippen LogP contribution in [0.25, 0.3) is 0 Å². The summed E-state index contributed by atoms with van der Waals surface area (Å²) in [6.45, 7) is 13.3. The zero-order valence-corrected chi connectivity index (χ0v) is 19.6. The number of benzene rings is 1. The van der Waals surface area contributed by atoms with Crippen LogP contribution in [0.4, 0.5) is 0 Å². The summed E-state index contributed by atoms with van der Waals surface area (Å²) in [7, 11) is 0. The van der Waals surface area contributed by atoms with E-state index >= 15 is 0 Å². The van der Waals surface area contributed by atoms with Crippen molar-refractivity contribution >= 4 is 11.8 Å². The minimum atomic E-state index is -0.0775. The van der Waals surface area contributed by atoms with Crippen molar-refractivity contribution in [1.29, 1.82) is 0 Å². The van der Waals surface area contributed by atoms with E-state index in [1.165, 1.54) is 5.56 Å². The van der Waals surface area contributed by atoms with Crippen molar-refractivity contribution in [2.24, 2.45) is 5.92 Å². The number of rotatable bonds is 8. The van der Waals surface area contributed by atoms with E-state index in [4.69, 9.17) is 0 Å². The highest BCUT2D eigenvalue weighted by molar-refractivity contribution is 5.81. The molecule has 1 aromatic rings. The van der Waals surface area contributed by atoms with Gasteiger partial charge in [0.1, 0.15) is 0 Å². The molecule has 2 heterocycles. The second-order valence-electron chi connectivity index (χ2n) is 9.01. The molecule has 2 fully saturated rings. The molecule has 0 spiro atoms. The highest BCUT2D eigenvalue weighted by Crippen LogP contribution is 2.23. The Morgan fingerprint density at radius 1 is 0.968 bits per heavy atom. The quantitative estimate of drug-likeness (QED) is 0.638. The van der Waals surface area contributed by atoms with Crippen LogP contribution in [0, 0.1) is 5.92 Å². The first kappa shape index (κ1) is 23.7. The molecule has 0 aliphatic carbocycles. The van der Waals surface area contributed by atoms with Gasteiger partial charge in [-0.05, 0) is 51.5 Å². The van der Waals surface area contributed by atoms with Gasteiger partial charge in [-0.1, -0.05) is 30.3 Å². The SMILES string of the molecule is CCN(CC)C(=O)CN1CCN(C(C)C(=O)N2CCC(Cc3ccccc3)CC2)CC1. The van der Waals surface area contributed by atoms with E-state index in [9.17, 15) is 9.59 Å². The minimum absolute atomic E-state index is 0.0775. The normalized spacial score (nSPS) is 19.9. The smallest absolute Gasteiger partial charge is 0.239 e. The predicted molar refractivity (Wildman–Crippen MR) is 125 cm³/mol. The van der Waals surface area contributed by atoms with Gasteiger partial charge in [-0.2, -0.15) is 0 Å². The molecule has 0 N–H and O–H groups in total. The second kappa shape index (κ2) is 11.6. The van der Waals surface area contributed by atoms with Crippen LogP contribution in [0.3, 0.4) is 0 Å². The number of piperidine rings is 1. The van der Waals surface area contributed by atoms with Gasteiger partial charge in [0, 0.05) is 52.4 Å². The van der Waals surface area contributed by atoms with Crippen LogP contribution in [0.5, 0.6) is 0 Å². The van der Waals surface area contributed by atoms with Gasteiger partial charge in [0.25, 0.3) is 0 Å². The van der Waals surface area contributed by atoms with E-state index in [2.05, 4.69) is 52.0 Å². The summed E-state index contributed by atoms with van der Waals surface area (Å²) < 4.78 is 0. The topological polar surface area (TPSA) is 47.1 Å². The van der Waals surface area contributed by atoms with Gasteiger partial charge in [-0.25, -0.2) is 0 Å². The molecule has 3 rings (SSSR count). The highest BCUT2D eigenvalue weighted by atomic mass is 16.2. The molecule has 0 bridgehead atoms. The second-order valence-corrected chi connectivity index (χ2v) is 9.01. The fourth-order valence-corrected chi connectivity index (χ4v) is 4.90. The zero-order chi connectivity index (χ0) is 22.2. The number of likely N-dealkylation sites (tertiary alicyclic amines) is 1. The lowest BCUT2D eigenvalue weighted by Gasteiger charge is -2.40. The van der Waals surface area contributed by atoms with Gasteiger partial charge in [-0.15, -0.1) is 0 Å². The number of piperazine rings is 1. The van der Waals surface area contributed by atoms with E-state index in [0.717, 1.165) is 71.6 Å². The molecule has 0 aromatic heterocycles. The summed E-state index contributed by atoms with van der Waals surface area (Å²) in [4.78, 5) is 33.9. The summed E-state index contributed by atoms with van der Waals surface area (Å²) in [6.07, 6.45) is 3.30. The first-order valence-electron chi connectivity index (χ1n) is 12.1. The van der Waals surface area contributed by atoms with E-state index in [1.54, 1.807) is 0 Å². The van der Waals surface area contributed by atoms with Crippen LogP contribution >= 0.6 is 0 Å². The first-order valence-corrected chi connectivity index (χ1v) is 12.1. The van der Waals surface area contributed by atoms with Gasteiger partial charge < -0.3 is 9.80 Å². The summed E-state index contributed by atoms with van der Waals surface area (Å²) in [5, 5.41) is 0. The van der Waals surface area contributed by atoms with E-state index < -0.39 is 0 Å². The first-order chi connectivity index (χ1) is 15.0. The van der Waals surface area contributed by atoms with Crippen LogP contribution in [0.15, 0.2) is 30.3 Å². The Morgan fingerprint density at radius 3 is 2.16 bits per heavy atom. The molecule has 172 valence electrons. The number of amides is 2. The van der Waals surface area contributed by atoms with Gasteiger partial charge in [0.2, 0.25) is 11.8 Å². The lowest BCUT2D eigenvalue weighted by Crippen LogP contribution is -2.56.